The summed E-state index contributed by atoms with van der Waals surface area (Å²) in [6, 6.07) is 5.93. The van der Waals surface area contributed by atoms with Crippen molar-refractivity contribution in [3.63, 3.8) is 0 Å². The topological polar surface area (TPSA) is 76.9 Å². The van der Waals surface area contributed by atoms with E-state index < -0.39 is 10.0 Å². The highest BCUT2D eigenvalue weighted by atomic mass is 32.2. The Bertz CT molecular complexity index is 931. The number of sulfonamides is 1. The van der Waals surface area contributed by atoms with Gasteiger partial charge in [0, 0.05) is 42.1 Å². The Labute approximate surface area is 145 Å². The highest BCUT2D eigenvalue weighted by molar-refractivity contribution is 7.89. The first-order valence-corrected chi connectivity index (χ1v) is 9.87. The number of imidazole rings is 1. The molecular formula is C16H18N4O2S2. The molecule has 126 valence electrons. The lowest BCUT2D eigenvalue weighted by Gasteiger charge is -2.05. The van der Waals surface area contributed by atoms with Crippen molar-refractivity contribution >= 4 is 21.4 Å². The first-order valence-electron chi connectivity index (χ1n) is 7.51. The quantitative estimate of drug-likeness (QED) is 0.731. The van der Waals surface area contributed by atoms with E-state index in [-0.39, 0.29) is 11.6 Å². The second-order valence-electron chi connectivity index (χ2n) is 5.30. The van der Waals surface area contributed by atoms with Crippen LogP contribution in [0.15, 0.2) is 47.2 Å². The van der Waals surface area contributed by atoms with E-state index in [9.17, 15) is 8.42 Å². The van der Waals surface area contributed by atoms with Gasteiger partial charge in [0.25, 0.3) is 10.0 Å². The SMILES string of the molecule is CCn1cc(S(=O)(=O)NCc2cncc(-c3cccs3)c2)nc1C. The summed E-state index contributed by atoms with van der Waals surface area (Å²) in [7, 11) is -3.64. The zero-order valence-corrected chi connectivity index (χ0v) is 15.1. The van der Waals surface area contributed by atoms with E-state index in [2.05, 4.69) is 14.7 Å². The molecule has 0 spiro atoms. The van der Waals surface area contributed by atoms with E-state index in [0.717, 1.165) is 16.0 Å². The molecule has 0 atom stereocenters. The number of aryl methyl sites for hydroxylation is 2. The third kappa shape index (κ3) is 3.55. The van der Waals surface area contributed by atoms with Crippen LogP contribution in [0.2, 0.25) is 0 Å². The summed E-state index contributed by atoms with van der Waals surface area (Å²) in [6.07, 6.45) is 4.99. The van der Waals surface area contributed by atoms with Crippen LogP contribution in [0.25, 0.3) is 10.4 Å². The Balaban J connectivity index is 1.76. The number of hydrogen-bond acceptors (Lipinski definition) is 5. The average molecular weight is 362 g/mol. The van der Waals surface area contributed by atoms with Gasteiger partial charge in [0.05, 0.1) is 0 Å². The monoisotopic (exact) mass is 362 g/mol. The molecule has 6 nitrogen and oxygen atoms in total. The van der Waals surface area contributed by atoms with Gasteiger partial charge in [-0.25, -0.2) is 18.1 Å². The fourth-order valence-corrected chi connectivity index (χ4v) is 4.07. The van der Waals surface area contributed by atoms with E-state index in [1.165, 1.54) is 0 Å². The Kier molecular flexibility index (Phi) is 4.79. The van der Waals surface area contributed by atoms with Gasteiger partial charge in [-0.05, 0) is 36.9 Å². The molecule has 3 heterocycles. The predicted octanol–water partition coefficient (Wildman–Crippen LogP) is 2.81. The van der Waals surface area contributed by atoms with Crippen molar-refractivity contribution in [2.24, 2.45) is 0 Å². The van der Waals surface area contributed by atoms with E-state index in [0.29, 0.717) is 12.4 Å². The number of nitrogens with zero attached hydrogens (tertiary/aromatic N) is 3. The van der Waals surface area contributed by atoms with Crippen molar-refractivity contribution in [1.29, 1.82) is 0 Å². The van der Waals surface area contributed by atoms with Crippen molar-refractivity contribution in [2.45, 2.75) is 32.0 Å². The predicted molar refractivity (Wildman–Crippen MR) is 94.2 cm³/mol. The molecule has 0 aromatic carbocycles. The second kappa shape index (κ2) is 6.84. The van der Waals surface area contributed by atoms with E-state index in [4.69, 9.17) is 0 Å². The van der Waals surface area contributed by atoms with Crippen molar-refractivity contribution in [2.75, 3.05) is 0 Å². The Morgan fingerprint density at radius 2 is 2.17 bits per heavy atom. The maximum absolute atomic E-state index is 12.4. The molecule has 0 bridgehead atoms. The van der Waals surface area contributed by atoms with Crippen LogP contribution in [0.4, 0.5) is 0 Å². The summed E-state index contributed by atoms with van der Waals surface area (Å²) >= 11 is 1.62. The lowest BCUT2D eigenvalue weighted by molar-refractivity contribution is 0.577. The first-order chi connectivity index (χ1) is 11.5. The summed E-state index contributed by atoms with van der Waals surface area (Å²) < 4.78 is 29.2. The van der Waals surface area contributed by atoms with Crippen LogP contribution in [-0.2, 0) is 23.1 Å². The molecule has 0 radical (unpaired) electrons. The zero-order valence-electron chi connectivity index (χ0n) is 13.4. The molecule has 0 aliphatic rings. The Hall–Kier alpha value is -2.03. The number of nitrogens with one attached hydrogen (secondary N) is 1. The standard InChI is InChI=1S/C16H18N4O2S2/c1-3-20-11-16(19-12(20)2)24(21,22)18-9-13-7-14(10-17-8-13)15-5-4-6-23-15/h4-8,10-11,18H,3,9H2,1-2H3. The van der Waals surface area contributed by atoms with Crippen molar-refractivity contribution in [3.05, 3.63) is 53.6 Å². The minimum absolute atomic E-state index is 0.0456. The largest absolute Gasteiger partial charge is 0.334 e. The average Bonchev–Trinajstić information content (AvgIpc) is 3.23. The van der Waals surface area contributed by atoms with Gasteiger partial charge in [0.15, 0.2) is 5.03 Å². The van der Waals surface area contributed by atoms with Gasteiger partial charge in [-0.1, -0.05) is 6.07 Å². The summed E-state index contributed by atoms with van der Waals surface area (Å²) in [5, 5.41) is 2.04. The first kappa shape index (κ1) is 16.8. The third-order valence-electron chi connectivity index (χ3n) is 3.64. The highest BCUT2D eigenvalue weighted by Crippen LogP contribution is 2.24. The van der Waals surface area contributed by atoms with Crippen LogP contribution >= 0.6 is 11.3 Å². The van der Waals surface area contributed by atoms with Crippen molar-refractivity contribution < 1.29 is 8.42 Å². The molecule has 3 rings (SSSR count). The van der Waals surface area contributed by atoms with Gasteiger partial charge in [-0.2, -0.15) is 0 Å². The number of rotatable bonds is 6. The van der Waals surface area contributed by atoms with Gasteiger partial charge >= 0.3 is 0 Å². The summed E-state index contributed by atoms with van der Waals surface area (Å²) in [5.41, 5.74) is 1.78. The Morgan fingerprint density at radius 1 is 1.33 bits per heavy atom. The smallest absolute Gasteiger partial charge is 0.259 e. The maximum atomic E-state index is 12.4. The highest BCUT2D eigenvalue weighted by Gasteiger charge is 2.18. The van der Waals surface area contributed by atoms with Crippen molar-refractivity contribution in [3.8, 4) is 10.4 Å². The third-order valence-corrected chi connectivity index (χ3v) is 5.83. The minimum Gasteiger partial charge on any atom is -0.334 e. The normalized spacial score (nSPS) is 11.8. The van der Waals surface area contributed by atoms with Crippen LogP contribution in [0, 0.1) is 6.92 Å². The number of hydrogen-bond donors (Lipinski definition) is 1. The molecule has 0 fully saturated rings. The summed E-state index contributed by atoms with van der Waals surface area (Å²) in [4.78, 5) is 9.42. The Morgan fingerprint density at radius 3 is 2.83 bits per heavy atom. The van der Waals surface area contributed by atoms with Crippen LogP contribution in [0.5, 0.6) is 0 Å². The molecular weight excluding hydrogens is 344 g/mol. The van der Waals surface area contributed by atoms with Crippen LogP contribution in [0.3, 0.4) is 0 Å². The molecule has 3 aromatic heterocycles. The van der Waals surface area contributed by atoms with Crippen LogP contribution in [0.1, 0.15) is 18.3 Å². The van der Waals surface area contributed by atoms with Crippen molar-refractivity contribution in [1.82, 2.24) is 19.3 Å². The molecule has 0 aliphatic heterocycles. The summed E-state index contributed by atoms with van der Waals surface area (Å²) in [6.45, 7) is 4.59. The van der Waals surface area contributed by atoms with E-state index in [1.807, 2.05) is 30.5 Å². The van der Waals surface area contributed by atoms with Gasteiger partial charge in [0.2, 0.25) is 0 Å². The van der Waals surface area contributed by atoms with Gasteiger partial charge in [-0.3, -0.25) is 4.98 Å². The molecule has 0 saturated heterocycles. The van der Waals surface area contributed by atoms with E-state index in [1.54, 1.807) is 41.4 Å². The molecule has 0 saturated carbocycles. The summed E-state index contributed by atoms with van der Waals surface area (Å²) in [5.74, 6) is 0.680. The molecule has 8 heteroatoms. The molecule has 0 aliphatic carbocycles. The molecule has 24 heavy (non-hydrogen) atoms. The minimum atomic E-state index is -3.64. The molecule has 0 unspecified atom stereocenters. The zero-order chi connectivity index (χ0) is 17.2. The fraction of sp³-hybridized carbons (Fsp3) is 0.250. The second-order valence-corrected chi connectivity index (χ2v) is 7.96. The van der Waals surface area contributed by atoms with Gasteiger partial charge in [0.1, 0.15) is 5.82 Å². The molecule has 0 amide bonds. The number of aromatic nitrogens is 3. The van der Waals surface area contributed by atoms with Crippen LogP contribution in [-0.4, -0.2) is 23.0 Å². The fourth-order valence-electron chi connectivity index (χ4n) is 2.34. The van der Waals surface area contributed by atoms with Crippen LogP contribution < -0.4 is 4.72 Å². The molecule has 1 N–H and O–H groups in total. The molecule has 3 aromatic rings. The number of pyridine rings is 1. The lowest BCUT2D eigenvalue weighted by atomic mass is 10.2. The lowest BCUT2D eigenvalue weighted by Crippen LogP contribution is -2.23. The van der Waals surface area contributed by atoms with Gasteiger partial charge < -0.3 is 4.57 Å². The van der Waals surface area contributed by atoms with Gasteiger partial charge in [-0.15, -0.1) is 11.3 Å². The maximum Gasteiger partial charge on any atom is 0.259 e. The number of thiophene rings is 1. The van der Waals surface area contributed by atoms with E-state index >= 15 is 0 Å².